The molecule has 1 N–H and O–H groups in total. The van der Waals surface area contributed by atoms with E-state index in [0.29, 0.717) is 17.0 Å². The van der Waals surface area contributed by atoms with Crippen LogP contribution in [0.2, 0.25) is 0 Å². The molecule has 3 aromatic heterocycles. The van der Waals surface area contributed by atoms with E-state index in [0.717, 1.165) is 11.8 Å². The molecule has 0 amide bonds. The average molecular weight is 274 g/mol. The second-order valence-corrected chi connectivity index (χ2v) is 6.16. The number of aromatic nitrogens is 4. The highest BCUT2D eigenvalue weighted by atomic mass is 32.2. The van der Waals surface area contributed by atoms with E-state index in [4.69, 9.17) is 0 Å². The number of nitrogens with zero attached hydrogens (tertiary/aromatic N) is 3. The fourth-order valence-electron chi connectivity index (χ4n) is 1.73. The van der Waals surface area contributed by atoms with Crippen molar-refractivity contribution in [2.24, 2.45) is 0 Å². The molecule has 0 aliphatic carbocycles. The molecule has 3 aromatic rings. The van der Waals surface area contributed by atoms with Crippen molar-refractivity contribution >= 4 is 21.0 Å². The number of nitrogens with one attached hydrogen (secondary N) is 1. The normalized spacial score (nSPS) is 11.8. The Kier molecular flexibility index (Phi) is 2.56. The number of rotatable bonds is 2. The summed E-state index contributed by atoms with van der Waals surface area (Å²) in [5, 5.41) is 0. The quantitative estimate of drug-likeness (QED) is 0.763. The fourth-order valence-corrected chi connectivity index (χ4v) is 2.33. The number of pyridine rings is 2. The van der Waals surface area contributed by atoms with Crippen LogP contribution in [0, 0.1) is 0 Å². The van der Waals surface area contributed by atoms with Crippen LogP contribution in [0.5, 0.6) is 0 Å². The summed E-state index contributed by atoms with van der Waals surface area (Å²) in [7, 11) is -3.28. The van der Waals surface area contributed by atoms with Gasteiger partial charge < -0.3 is 4.98 Å². The lowest BCUT2D eigenvalue weighted by Crippen LogP contribution is -1.98. The van der Waals surface area contributed by atoms with Crippen LogP contribution in [-0.4, -0.2) is 34.6 Å². The Morgan fingerprint density at radius 2 is 2.11 bits per heavy atom. The van der Waals surface area contributed by atoms with Crippen molar-refractivity contribution in [2.75, 3.05) is 6.26 Å². The van der Waals surface area contributed by atoms with E-state index in [1.807, 2.05) is 6.07 Å². The van der Waals surface area contributed by atoms with Crippen molar-refractivity contribution in [1.29, 1.82) is 0 Å². The molecule has 19 heavy (non-hydrogen) atoms. The van der Waals surface area contributed by atoms with Gasteiger partial charge >= 0.3 is 0 Å². The molecule has 0 spiro atoms. The SMILES string of the molecule is CS(=O)(=O)c1cncc(-c2nc3ncccc3[nH]2)c1. The molecular formula is C12H10N4O2S. The highest BCUT2D eigenvalue weighted by molar-refractivity contribution is 7.90. The Labute approximate surface area is 109 Å². The zero-order valence-corrected chi connectivity index (χ0v) is 10.8. The van der Waals surface area contributed by atoms with Crippen LogP contribution in [0.4, 0.5) is 0 Å². The Morgan fingerprint density at radius 1 is 1.26 bits per heavy atom. The third-order valence-corrected chi connectivity index (χ3v) is 3.75. The van der Waals surface area contributed by atoms with E-state index in [-0.39, 0.29) is 4.90 Å². The highest BCUT2D eigenvalue weighted by Gasteiger charge is 2.11. The second kappa shape index (κ2) is 4.13. The zero-order chi connectivity index (χ0) is 13.5. The second-order valence-electron chi connectivity index (χ2n) is 4.14. The van der Waals surface area contributed by atoms with Crippen molar-refractivity contribution in [1.82, 2.24) is 19.9 Å². The minimum atomic E-state index is -3.28. The van der Waals surface area contributed by atoms with Crippen LogP contribution >= 0.6 is 0 Å². The zero-order valence-electron chi connectivity index (χ0n) is 10.0. The average Bonchev–Trinajstić information content (AvgIpc) is 2.81. The van der Waals surface area contributed by atoms with Gasteiger partial charge in [-0.15, -0.1) is 0 Å². The Bertz CT molecular complexity index is 822. The fraction of sp³-hybridized carbons (Fsp3) is 0.0833. The van der Waals surface area contributed by atoms with Crippen LogP contribution in [0.3, 0.4) is 0 Å². The Balaban J connectivity index is 2.16. The number of sulfone groups is 1. The van der Waals surface area contributed by atoms with Crippen molar-refractivity contribution in [2.45, 2.75) is 4.90 Å². The maximum atomic E-state index is 11.5. The van der Waals surface area contributed by atoms with Gasteiger partial charge in [0.2, 0.25) is 0 Å². The lowest BCUT2D eigenvalue weighted by molar-refractivity contribution is 0.601. The lowest BCUT2D eigenvalue weighted by Gasteiger charge is -2.00. The summed E-state index contributed by atoms with van der Waals surface area (Å²) in [6, 6.07) is 5.20. The van der Waals surface area contributed by atoms with Gasteiger partial charge in [-0.1, -0.05) is 0 Å². The number of hydrogen-bond donors (Lipinski definition) is 1. The van der Waals surface area contributed by atoms with Gasteiger partial charge in [-0.25, -0.2) is 18.4 Å². The smallest absolute Gasteiger partial charge is 0.178 e. The highest BCUT2D eigenvalue weighted by Crippen LogP contribution is 2.20. The summed E-state index contributed by atoms with van der Waals surface area (Å²) < 4.78 is 23.0. The van der Waals surface area contributed by atoms with Crippen LogP contribution in [0.25, 0.3) is 22.6 Å². The number of imidazole rings is 1. The number of fused-ring (bicyclic) bond motifs is 1. The molecule has 0 aromatic carbocycles. The van der Waals surface area contributed by atoms with Crippen molar-refractivity contribution in [3.63, 3.8) is 0 Å². The minimum Gasteiger partial charge on any atom is -0.337 e. The van der Waals surface area contributed by atoms with Gasteiger partial charge in [0.05, 0.1) is 10.4 Å². The predicted octanol–water partition coefficient (Wildman–Crippen LogP) is 1.42. The molecule has 3 rings (SSSR count). The van der Waals surface area contributed by atoms with Gasteiger partial charge in [-0.3, -0.25) is 4.98 Å². The van der Waals surface area contributed by atoms with Crippen LogP contribution in [0.1, 0.15) is 0 Å². The first-order valence-corrected chi connectivity index (χ1v) is 7.39. The van der Waals surface area contributed by atoms with E-state index < -0.39 is 9.84 Å². The van der Waals surface area contributed by atoms with Crippen molar-refractivity contribution in [3.05, 3.63) is 36.8 Å². The first kappa shape index (κ1) is 11.8. The van der Waals surface area contributed by atoms with Crippen LogP contribution in [-0.2, 0) is 9.84 Å². The molecule has 0 aliphatic rings. The van der Waals surface area contributed by atoms with E-state index in [1.165, 1.54) is 6.20 Å². The molecule has 96 valence electrons. The molecule has 0 atom stereocenters. The Hall–Kier alpha value is -2.28. The van der Waals surface area contributed by atoms with Crippen LogP contribution < -0.4 is 0 Å². The van der Waals surface area contributed by atoms with Gasteiger partial charge in [0.1, 0.15) is 5.82 Å². The minimum absolute atomic E-state index is 0.165. The van der Waals surface area contributed by atoms with Gasteiger partial charge in [0, 0.05) is 30.4 Å². The van der Waals surface area contributed by atoms with E-state index >= 15 is 0 Å². The van der Waals surface area contributed by atoms with Gasteiger partial charge in [0.25, 0.3) is 0 Å². The molecule has 0 bridgehead atoms. The third-order valence-electron chi connectivity index (χ3n) is 2.67. The number of aromatic amines is 1. The summed E-state index contributed by atoms with van der Waals surface area (Å²) in [6.07, 6.45) is 5.68. The molecule has 0 saturated heterocycles. The summed E-state index contributed by atoms with van der Waals surface area (Å²) in [5.41, 5.74) is 1.99. The van der Waals surface area contributed by atoms with Crippen molar-refractivity contribution in [3.8, 4) is 11.4 Å². The third kappa shape index (κ3) is 2.19. The first-order chi connectivity index (χ1) is 9.04. The van der Waals surface area contributed by atoms with Gasteiger partial charge in [-0.05, 0) is 18.2 Å². The lowest BCUT2D eigenvalue weighted by atomic mass is 10.3. The molecule has 0 saturated carbocycles. The molecular weight excluding hydrogens is 264 g/mol. The summed E-state index contributed by atoms with van der Waals surface area (Å²) in [6.45, 7) is 0. The monoisotopic (exact) mass is 274 g/mol. The molecule has 0 aliphatic heterocycles. The summed E-state index contributed by atoms with van der Waals surface area (Å²) in [4.78, 5) is 15.6. The largest absolute Gasteiger partial charge is 0.337 e. The van der Waals surface area contributed by atoms with E-state index in [9.17, 15) is 8.42 Å². The maximum Gasteiger partial charge on any atom is 0.178 e. The van der Waals surface area contributed by atoms with E-state index in [1.54, 1.807) is 24.5 Å². The van der Waals surface area contributed by atoms with Crippen molar-refractivity contribution < 1.29 is 8.42 Å². The Morgan fingerprint density at radius 3 is 2.84 bits per heavy atom. The predicted molar refractivity (Wildman–Crippen MR) is 70.2 cm³/mol. The van der Waals surface area contributed by atoms with Gasteiger partial charge in [0.15, 0.2) is 15.5 Å². The molecule has 0 unspecified atom stereocenters. The molecule has 0 fully saturated rings. The molecule has 6 nitrogen and oxygen atoms in total. The van der Waals surface area contributed by atoms with Crippen LogP contribution in [0.15, 0.2) is 41.7 Å². The standard InChI is InChI=1S/C12H10N4O2S/c1-19(17,18)9-5-8(6-13-7-9)11-15-10-3-2-4-14-12(10)16-11/h2-7H,1H3,(H,14,15,16). The number of hydrogen-bond acceptors (Lipinski definition) is 5. The maximum absolute atomic E-state index is 11.5. The first-order valence-electron chi connectivity index (χ1n) is 5.50. The van der Waals surface area contributed by atoms with E-state index in [2.05, 4.69) is 19.9 Å². The van der Waals surface area contributed by atoms with Gasteiger partial charge in [-0.2, -0.15) is 0 Å². The molecule has 0 radical (unpaired) electrons. The molecule has 7 heteroatoms. The summed E-state index contributed by atoms with van der Waals surface area (Å²) >= 11 is 0. The summed E-state index contributed by atoms with van der Waals surface area (Å²) in [5.74, 6) is 0.548. The number of H-pyrrole nitrogens is 1. The molecule has 3 heterocycles. The topological polar surface area (TPSA) is 88.6 Å².